The summed E-state index contributed by atoms with van der Waals surface area (Å²) in [6.45, 7) is 4.08. The molecule has 0 spiro atoms. The highest BCUT2D eigenvalue weighted by Gasteiger charge is 2.24. The number of fused-ring (bicyclic) bond motifs is 1. The molecule has 4 nitrogen and oxygen atoms in total. The molecule has 1 aliphatic heterocycles. The van der Waals surface area contributed by atoms with Gasteiger partial charge in [-0.05, 0) is 30.7 Å². The highest BCUT2D eigenvalue weighted by atomic mass is 15.3. The Bertz CT molecular complexity index is 535. The lowest BCUT2D eigenvalue weighted by molar-refractivity contribution is 0.161. The number of nitrogens with one attached hydrogen (secondary N) is 1. The van der Waals surface area contributed by atoms with Crippen molar-refractivity contribution < 1.29 is 0 Å². The molecule has 1 atom stereocenters. The van der Waals surface area contributed by atoms with Crippen LogP contribution in [0.25, 0.3) is 0 Å². The van der Waals surface area contributed by atoms with Gasteiger partial charge in [0.25, 0.3) is 0 Å². The largest absolute Gasteiger partial charge is 0.318 e. The standard InChI is InChI=1S/C16H22N4/c1-17-12-16-11-14-5-2-3-6-15(14)13-19(16)9-10-20-8-4-7-18-20/h2-8,16-17H,9-13H2,1H3. The predicted molar refractivity (Wildman–Crippen MR) is 80.5 cm³/mol. The van der Waals surface area contributed by atoms with Crippen molar-refractivity contribution in [1.29, 1.82) is 0 Å². The first-order valence-electron chi connectivity index (χ1n) is 7.29. The zero-order valence-electron chi connectivity index (χ0n) is 12.0. The van der Waals surface area contributed by atoms with Gasteiger partial charge in [0.15, 0.2) is 0 Å². The van der Waals surface area contributed by atoms with Crippen molar-refractivity contribution in [2.75, 3.05) is 20.1 Å². The molecule has 1 aromatic carbocycles. The van der Waals surface area contributed by atoms with E-state index in [9.17, 15) is 0 Å². The fraction of sp³-hybridized carbons (Fsp3) is 0.438. The van der Waals surface area contributed by atoms with Crippen LogP contribution < -0.4 is 5.32 Å². The summed E-state index contributed by atoms with van der Waals surface area (Å²) in [6, 6.07) is 11.4. The van der Waals surface area contributed by atoms with Crippen LogP contribution in [0.15, 0.2) is 42.7 Å². The number of hydrogen-bond donors (Lipinski definition) is 1. The van der Waals surface area contributed by atoms with E-state index in [1.54, 1.807) is 0 Å². The lowest BCUT2D eigenvalue weighted by Gasteiger charge is -2.37. The van der Waals surface area contributed by atoms with Gasteiger partial charge in [-0.2, -0.15) is 5.10 Å². The second-order valence-corrected chi connectivity index (χ2v) is 5.42. The van der Waals surface area contributed by atoms with Gasteiger partial charge in [-0.15, -0.1) is 0 Å². The molecule has 1 aromatic heterocycles. The van der Waals surface area contributed by atoms with Gasteiger partial charge in [0.05, 0.1) is 6.54 Å². The zero-order chi connectivity index (χ0) is 13.8. The third-order valence-corrected chi connectivity index (χ3v) is 4.08. The molecule has 1 aliphatic rings. The van der Waals surface area contributed by atoms with Crippen LogP contribution in [0.2, 0.25) is 0 Å². The minimum atomic E-state index is 0.575. The van der Waals surface area contributed by atoms with E-state index < -0.39 is 0 Å². The molecule has 1 N–H and O–H groups in total. The summed E-state index contributed by atoms with van der Waals surface area (Å²) in [7, 11) is 2.03. The maximum atomic E-state index is 4.29. The first-order chi connectivity index (χ1) is 9.86. The summed E-state index contributed by atoms with van der Waals surface area (Å²) in [5.41, 5.74) is 2.98. The van der Waals surface area contributed by atoms with Crippen LogP contribution in [0, 0.1) is 0 Å². The van der Waals surface area contributed by atoms with Crippen molar-refractivity contribution in [3.63, 3.8) is 0 Å². The summed E-state index contributed by atoms with van der Waals surface area (Å²) in [6.07, 6.45) is 5.01. The molecule has 1 unspecified atom stereocenters. The third-order valence-electron chi connectivity index (χ3n) is 4.08. The Morgan fingerprint density at radius 3 is 2.80 bits per heavy atom. The van der Waals surface area contributed by atoms with Crippen molar-refractivity contribution in [2.45, 2.75) is 25.6 Å². The van der Waals surface area contributed by atoms with Crippen molar-refractivity contribution in [1.82, 2.24) is 20.0 Å². The van der Waals surface area contributed by atoms with Gasteiger partial charge >= 0.3 is 0 Å². The molecule has 2 heterocycles. The Balaban J connectivity index is 1.70. The Hall–Kier alpha value is -1.65. The van der Waals surface area contributed by atoms with E-state index in [0.29, 0.717) is 6.04 Å². The van der Waals surface area contributed by atoms with Crippen molar-refractivity contribution in [3.05, 3.63) is 53.9 Å². The number of benzene rings is 1. The van der Waals surface area contributed by atoms with Gasteiger partial charge in [-0.3, -0.25) is 9.58 Å². The Kier molecular flexibility index (Phi) is 4.14. The van der Waals surface area contributed by atoms with Crippen molar-refractivity contribution in [2.24, 2.45) is 0 Å². The van der Waals surface area contributed by atoms with Gasteiger partial charge < -0.3 is 5.32 Å². The molecule has 0 saturated carbocycles. The maximum absolute atomic E-state index is 4.29. The summed E-state index contributed by atoms with van der Waals surface area (Å²) < 4.78 is 2.01. The fourth-order valence-electron chi connectivity index (χ4n) is 3.00. The minimum absolute atomic E-state index is 0.575. The van der Waals surface area contributed by atoms with Gasteiger partial charge in [-0.1, -0.05) is 24.3 Å². The molecule has 0 amide bonds. The van der Waals surface area contributed by atoms with E-state index in [4.69, 9.17) is 0 Å². The van der Waals surface area contributed by atoms with Crippen LogP contribution in [-0.2, 0) is 19.5 Å². The van der Waals surface area contributed by atoms with Crippen LogP contribution in [0.5, 0.6) is 0 Å². The van der Waals surface area contributed by atoms with Crippen LogP contribution in [0.3, 0.4) is 0 Å². The molecule has 0 saturated heterocycles. The van der Waals surface area contributed by atoms with Crippen molar-refractivity contribution >= 4 is 0 Å². The maximum Gasteiger partial charge on any atom is 0.0536 e. The average molecular weight is 270 g/mol. The predicted octanol–water partition coefficient (Wildman–Crippen LogP) is 1.53. The van der Waals surface area contributed by atoms with E-state index in [-0.39, 0.29) is 0 Å². The average Bonchev–Trinajstić information content (AvgIpc) is 2.98. The van der Waals surface area contributed by atoms with E-state index in [1.807, 2.05) is 30.2 Å². The Morgan fingerprint density at radius 2 is 2.05 bits per heavy atom. The lowest BCUT2D eigenvalue weighted by atomic mass is 9.94. The van der Waals surface area contributed by atoms with Crippen LogP contribution in [-0.4, -0.2) is 40.9 Å². The highest BCUT2D eigenvalue weighted by molar-refractivity contribution is 5.30. The van der Waals surface area contributed by atoms with Gasteiger partial charge in [0.2, 0.25) is 0 Å². The minimum Gasteiger partial charge on any atom is -0.318 e. The first kappa shape index (κ1) is 13.3. The van der Waals surface area contributed by atoms with E-state index in [0.717, 1.165) is 32.6 Å². The van der Waals surface area contributed by atoms with E-state index >= 15 is 0 Å². The summed E-state index contributed by atoms with van der Waals surface area (Å²) in [5.74, 6) is 0. The zero-order valence-corrected chi connectivity index (χ0v) is 12.0. The quantitative estimate of drug-likeness (QED) is 0.894. The second-order valence-electron chi connectivity index (χ2n) is 5.42. The molecule has 0 fully saturated rings. The summed E-state index contributed by atoms with van der Waals surface area (Å²) in [4.78, 5) is 2.57. The number of aromatic nitrogens is 2. The molecular formula is C16H22N4. The topological polar surface area (TPSA) is 33.1 Å². The summed E-state index contributed by atoms with van der Waals surface area (Å²) >= 11 is 0. The monoisotopic (exact) mass is 270 g/mol. The van der Waals surface area contributed by atoms with E-state index in [2.05, 4.69) is 39.6 Å². The molecule has 0 aliphatic carbocycles. The number of rotatable bonds is 5. The van der Waals surface area contributed by atoms with Gasteiger partial charge in [0, 0.05) is 38.1 Å². The molecule has 2 aromatic rings. The molecule has 20 heavy (non-hydrogen) atoms. The van der Waals surface area contributed by atoms with Gasteiger partial charge in [0.1, 0.15) is 0 Å². The lowest BCUT2D eigenvalue weighted by Crippen LogP contribution is -2.46. The highest BCUT2D eigenvalue weighted by Crippen LogP contribution is 2.22. The van der Waals surface area contributed by atoms with Crippen molar-refractivity contribution in [3.8, 4) is 0 Å². The normalized spacial score (nSPS) is 18.9. The van der Waals surface area contributed by atoms with Crippen LogP contribution in [0.4, 0.5) is 0 Å². The molecule has 0 radical (unpaired) electrons. The van der Waals surface area contributed by atoms with Crippen LogP contribution >= 0.6 is 0 Å². The van der Waals surface area contributed by atoms with E-state index in [1.165, 1.54) is 11.1 Å². The Morgan fingerprint density at radius 1 is 1.20 bits per heavy atom. The molecule has 4 heteroatoms. The number of hydrogen-bond acceptors (Lipinski definition) is 3. The van der Waals surface area contributed by atoms with Gasteiger partial charge in [-0.25, -0.2) is 0 Å². The molecule has 0 bridgehead atoms. The number of nitrogens with zero attached hydrogens (tertiary/aromatic N) is 3. The molecule has 3 rings (SSSR count). The van der Waals surface area contributed by atoms with Crippen LogP contribution in [0.1, 0.15) is 11.1 Å². The Labute approximate surface area is 120 Å². The SMILES string of the molecule is CNCC1Cc2ccccc2CN1CCn1cccn1. The second kappa shape index (κ2) is 6.20. The smallest absolute Gasteiger partial charge is 0.0536 e. The molecular weight excluding hydrogens is 248 g/mol. The number of likely N-dealkylation sites (N-methyl/N-ethyl adjacent to an activating group) is 1. The molecule has 106 valence electrons. The first-order valence-corrected chi connectivity index (χ1v) is 7.29. The third kappa shape index (κ3) is 2.92. The summed E-state index contributed by atoms with van der Waals surface area (Å²) in [5, 5.41) is 7.62. The fourth-order valence-corrected chi connectivity index (χ4v) is 3.00.